The summed E-state index contributed by atoms with van der Waals surface area (Å²) in [5, 5.41) is 9.71. The van der Waals surface area contributed by atoms with Gasteiger partial charge in [0.15, 0.2) is 5.65 Å². The van der Waals surface area contributed by atoms with E-state index in [2.05, 4.69) is 5.32 Å². The Hall–Kier alpha value is -2.80. The van der Waals surface area contributed by atoms with Gasteiger partial charge in [0.2, 0.25) is 0 Å². The van der Waals surface area contributed by atoms with Gasteiger partial charge in [0.1, 0.15) is 5.56 Å². The van der Waals surface area contributed by atoms with Gasteiger partial charge in [0, 0.05) is 34.6 Å². The molecule has 9 heteroatoms. The van der Waals surface area contributed by atoms with Gasteiger partial charge in [0.05, 0.1) is 16.4 Å². The molecule has 2 heterocycles. The van der Waals surface area contributed by atoms with Crippen LogP contribution in [0.1, 0.15) is 42.5 Å². The number of hydrogen-bond donors (Lipinski definition) is 1. The molecule has 2 aromatic heterocycles. The summed E-state index contributed by atoms with van der Waals surface area (Å²) in [7, 11) is 1.52. The molecule has 1 fully saturated rings. The predicted octanol–water partition coefficient (Wildman–Crippen LogP) is 6.75. The maximum atomic E-state index is 13.6. The third-order valence-electron chi connectivity index (χ3n) is 6.82. The third kappa shape index (κ3) is 4.65. The Bertz CT molecular complexity index is 1500. The lowest BCUT2D eigenvalue weighted by Gasteiger charge is -2.22. The SMILES string of the molecule is CNC(=O)c1cc2c(-c3ccc(Cl)cc3)n(-c3ccc(Cl)cc3Cl)nc2n(CC2CCCCC2)c1=O. The van der Waals surface area contributed by atoms with Gasteiger partial charge < -0.3 is 5.32 Å². The molecule has 5 rings (SSSR count). The minimum absolute atomic E-state index is 0.0813. The fourth-order valence-electron chi connectivity index (χ4n) is 5.01. The first-order valence-electron chi connectivity index (χ1n) is 12.0. The Kier molecular flexibility index (Phi) is 7.11. The minimum Gasteiger partial charge on any atom is -0.355 e. The van der Waals surface area contributed by atoms with Crippen molar-refractivity contribution < 1.29 is 4.79 Å². The van der Waals surface area contributed by atoms with E-state index in [0.29, 0.717) is 49.9 Å². The molecular formula is C27H25Cl3N4O2. The van der Waals surface area contributed by atoms with Crippen LogP contribution in [-0.2, 0) is 6.54 Å². The van der Waals surface area contributed by atoms with Gasteiger partial charge >= 0.3 is 0 Å². The van der Waals surface area contributed by atoms with E-state index in [1.807, 2.05) is 12.1 Å². The molecule has 0 bridgehead atoms. The molecule has 0 aliphatic heterocycles. The number of amides is 1. The zero-order chi connectivity index (χ0) is 25.4. The monoisotopic (exact) mass is 542 g/mol. The number of aromatic nitrogens is 3. The maximum absolute atomic E-state index is 13.6. The summed E-state index contributed by atoms with van der Waals surface area (Å²) in [6, 6.07) is 14.2. The lowest BCUT2D eigenvalue weighted by Crippen LogP contribution is -2.33. The Morgan fingerprint density at radius 1 is 1.00 bits per heavy atom. The van der Waals surface area contributed by atoms with Crippen LogP contribution in [0.25, 0.3) is 28.0 Å². The third-order valence-corrected chi connectivity index (χ3v) is 7.61. The highest BCUT2D eigenvalue weighted by Crippen LogP contribution is 2.35. The van der Waals surface area contributed by atoms with E-state index >= 15 is 0 Å². The van der Waals surface area contributed by atoms with Crippen LogP contribution in [0.4, 0.5) is 0 Å². The van der Waals surface area contributed by atoms with Crippen molar-refractivity contribution in [1.29, 1.82) is 0 Å². The number of nitrogens with zero attached hydrogens (tertiary/aromatic N) is 3. The number of benzene rings is 2. The molecule has 0 spiro atoms. The number of pyridine rings is 1. The fourth-order valence-corrected chi connectivity index (χ4v) is 5.62. The van der Waals surface area contributed by atoms with Crippen molar-refractivity contribution in [2.45, 2.75) is 38.6 Å². The van der Waals surface area contributed by atoms with E-state index < -0.39 is 5.91 Å². The molecule has 2 aromatic carbocycles. The van der Waals surface area contributed by atoms with Crippen molar-refractivity contribution >= 4 is 51.7 Å². The van der Waals surface area contributed by atoms with E-state index in [9.17, 15) is 9.59 Å². The Morgan fingerprint density at radius 2 is 1.69 bits per heavy atom. The summed E-state index contributed by atoms with van der Waals surface area (Å²) in [6.07, 6.45) is 5.59. The van der Waals surface area contributed by atoms with Crippen LogP contribution in [0.15, 0.2) is 53.3 Å². The second-order valence-corrected chi connectivity index (χ2v) is 10.4. The molecule has 1 amide bonds. The summed E-state index contributed by atoms with van der Waals surface area (Å²) in [6.45, 7) is 0.506. The molecule has 0 saturated heterocycles. The van der Waals surface area contributed by atoms with E-state index in [4.69, 9.17) is 39.9 Å². The van der Waals surface area contributed by atoms with Crippen molar-refractivity contribution in [3.63, 3.8) is 0 Å². The molecule has 4 aromatic rings. The summed E-state index contributed by atoms with van der Waals surface area (Å²) >= 11 is 18.9. The normalized spacial score (nSPS) is 14.3. The fraction of sp³-hybridized carbons (Fsp3) is 0.296. The van der Waals surface area contributed by atoms with Gasteiger partial charge in [-0.2, -0.15) is 0 Å². The average molecular weight is 544 g/mol. The van der Waals surface area contributed by atoms with Gasteiger partial charge in [-0.05, 0) is 55.2 Å². The summed E-state index contributed by atoms with van der Waals surface area (Å²) in [5.74, 6) is -0.0820. The lowest BCUT2D eigenvalue weighted by molar-refractivity contribution is 0.0961. The molecule has 0 atom stereocenters. The Balaban J connectivity index is 1.84. The van der Waals surface area contributed by atoms with Crippen LogP contribution >= 0.6 is 34.8 Å². The number of carbonyl (C=O) groups excluding carboxylic acids is 1. The van der Waals surface area contributed by atoms with Crippen LogP contribution in [0.5, 0.6) is 0 Å². The van der Waals surface area contributed by atoms with Gasteiger partial charge in [-0.3, -0.25) is 14.2 Å². The topological polar surface area (TPSA) is 68.9 Å². The molecule has 0 radical (unpaired) electrons. The largest absolute Gasteiger partial charge is 0.355 e. The predicted molar refractivity (Wildman–Crippen MR) is 146 cm³/mol. The number of hydrogen-bond acceptors (Lipinski definition) is 3. The zero-order valence-corrected chi connectivity index (χ0v) is 22.0. The molecule has 0 unspecified atom stereocenters. The van der Waals surface area contributed by atoms with E-state index in [0.717, 1.165) is 31.2 Å². The van der Waals surface area contributed by atoms with Crippen LogP contribution in [0.2, 0.25) is 15.1 Å². The molecular weight excluding hydrogens is 519 g/mol. The highest BCUT2D eigenvalue weighted by Gasteiger charge is 2.25. The van der Waals surface area contributed by atoms with Gasteiger partial charge in [-0.25, -0.2) is 4.68 Å². The lowest BCUT2D eigenvalue weighted by atomic mass is 9.89. The first-order chi connectivity index (χ1) is 17.4. The van der Waals surface area contributed by atoms with Crippen LogP contribution in [0.3, 0.4) is 0 Å². The number of nitrogens with one attached hydrogen (secondary N) is 1. The van der Waals surface area contributed by atoms with Crippen LogP contribution in [-0.4, -0.2) is 27.3 Å². The zero-order valence-electron chi connectivity index (χ0n) is 19.7. The van der Waals surface area contributed by atoms with Crippen molar-refractivity contribution in [3.8, 4) is 16.9 Å². The molecule has 1 aliphatic rings. The van der Waals surface area contributed by atoms with Crippen LogP contribution in [0, 0.1) is 5.92 Å². The standard InChI is InChI=1S/C27H25Cl3N4O2/c1-31-26(35)21-14-20-24(17-7-9-18(28)10-8-17)34(23-12-11-19(29)13-22(23)30)32-25(20)33(27(21)36)15-16-5-3-2-4-6-16/h7-14,16H,2-6,15H2,1H3,(H,31,35). The van der Waals surface area contributed by atoms with Crippen molar-refractivity contribution in [3.05, 3.63) is 79.5 Å². The molecule has 6 nitrogen and oxygen atoms in total. The number of carbonyl (C=O) groups is 1. The first kappa shape index (κ1) is 24.9. The van der Waals surface area contributed by atoms with E-state index in [1.54, 1.807) is 45.6 Å². The van der Waals surface area contributed by atoms with Gasteiger partial charge in [-0.15, -0.1) is 5.10 Å². The van der Waals surface area contributed by atoms with Crippen molar-refractivity contribution in [2.24, 2.45) is 5.92 Å². The highest BCUT2D eigenvalue weighted by molar-refractivity contribution is 6.35. The average Bonchev–Trinajstić information content (AvgIpc) is 3.25. The molecule has 36 heavy (non-hydrogen) atoms. The summed E-state index contributed by atoms with van der Waals surface area (Å²) in [5.41, 5.74) is 2.38. The molecule has 186 valence electrons. The maximum Gasteiger partial charge on any atom is 0.265 e. The molecule has 1 N–H and O–H groups in total. The molecule has 1 saturated carbocycles. The number of fused-ring (bicyclic) bond motifs is 1. The first-order valence-corrected chi connectivity index (χ1v) is 13.1. The second kappa shape index (κ2) is 10.3. The van der Waals surface area contributed by atoms with Crippen molar-refractivity contribution in [2.75, 3.05) is 7.05 Å². The van der Waals surface area contributed by atoms with Gasteiger partial charge in [0.25, 0.3) is 11.5 Å². The minimum atomic E-state index is -0.432. The van der Waals surface area contributed by atoms with Crippen molar-refractivity contribution in [1.82, 2.24) is 19.7 Å². The molecule has 1 aliphatic carbocycles. The quantitative estimate of drug-likeness (QED) is 0.302. The summed E-state index contributed by atoms with van der Waals surface area (Å²) in [4.78, 5) is 26.4. The summed E-state index contributed by atoms with van der Waals surface area (Å²) < 4.78 is 3.38. The Labute approximate surface area is 223 Å². The van der Waals surface area contributed by atoms with E-state index in [1.165, 1.54) is 13.5 Å². The number of rotatable bonds is 5. The van der Waals surface area contributed by atoms with Crippen LogP contribution < -0.4 is 10.9 Å². The smallest absolute Gasteiger partial charge is 0.265 e. The highest BCUT2D eigenvalue weighted by atomic mass is 35.5. The van der Waals surface area contributed by atoms with E-state index in [-0.39, 0.29) is 11.1 Å². The number of halogens is 3. The Morgan fingerprint density at radius 3 is 2.36 bits per heavy atom. The van der Waals surface area contributed by atoms with Gasteiger partial charge in [-0.1, -0.05) is 66.2 Å². The second-order valence-electron chi connectivity index (χ2n) is 9.16.